The Morgan fingerprint density at radius 2 is 0.750 bits per heavy atom. The van der Waals surface area contributed by atoms with Crippen LogP contribution < -0.4 is 4.90 Å². The quantitative estimate of drug-likeness (QED) is 0.137. The van der Waals surface area contributed by atoms with Gasteiger partial charge in [-0.1, -0.05) is 255 Å². The van der Waals surface area contributed by atoms with Gasteiger partial charge >= 0.3 is 0 Å². The fourth-order valence-corrected chi connectivity index (χ4v) is 12.3. The van der Waals surface area contributed by atoms with Crippen LogP contribution in [0.25, 0.3) is 87.6 Å². The van der Waals surface area contributed by atoms with E-state index in [0.717, 1.165) is 28.2 Å². The molecule has 0 amide bonds. The molecule has 1 aliphatic carbocycles. The molecule has 0 atom stereocenters. The molecule has 0 radical (unpaired) electrons. The van der Waals surface area contributed by atoms with Gasteiger partial charge in [0.2, 0.25) is 0 Å². The van der Waals surface area contributed by atoms with Crippen LogP contribution in [-0.2, 0) is 5.41 Å². The van der Waals surface area contributed by atoms with E-state index in [2.05, 4.69) is 290 Å². The van der Waals surface area contributed by atoms with Crippen molar-refractivity contribution < 1.29 is 0 Å². The van der Waals surface area contributed by atoms with E-state index in [1.807, 2.05) is 0 Å². The van der Waals surface area contributed by atoms with E-state index in [9.17, 15) is 0 Å². The molecule has 1 aliphatic rings. The highest BCUT2D eigenvalue weighted by Crippen LogP contribution is 2.60. The Hall–Kier alpha value is -9.30. The molecule has 0 spiro atoms. The highest BCUT2D eigenvalue weighted by molar-refractivity contribution is 6.22. The summed E-state index contributed by atoms with van der Waals surface area (Å²) in [7, 11) is 0. The fraction of sp³-hybridized carbons (Fsp3) is 0.0141. The average molecular weight is 914 g/mol. The van der Waals surface area contributed by atoms with Crippen molar-refractivity contribution >= 4 is 60.2 Å². The van der Waals surface area contributed by atoms with Crippen LogP contribution in [0.2, 0.25) is 0 Å². The van der Waals surface area contributed by atoms with Crippen molar-refractivity contribution in [2.45, 2.75) is 5.41 Å². The van der Waals surface area contributed by atoms with Crippen LogP contribution >= 0.6 is 0 Å². The SMILES string of the molecule is c1ccc(-c2c(-c3ccccc3)c3cc(-c4ccccc4N(c4ccc5c(ccc6ccccc65)c4)c4cccc5c4-c4ccccc4C5(c4ccccc4)c4ccccc4)ccc3c3ccccc23)cc1. The number of nitrogens with zero attached hydrogens (tertiary/aromatic N) is 1. The second-order valence-electron chi connectivity index (χ2n) is 19.1. The van der Waals surface area contributed by atoms with Crippen LogP contribution in [-0.4, -0.2) is 0 Å². The second-order valence-corrected chi connectivity index (χ2v) is 19.1. The summed E-state index contributed by atoms with van der Waals surface area (Å²) in [4.78, 5) is 2.55. The van der Waals surface area contributed by atoms with Crippen molar-refractivity contribution in [3.05, 3.63) is 307 Å². The van der Waals surface area contributed by atoms with Crippen molar-refractivity contribution in [1.82, 2.24) is 0 Å². The van der Waals surface area contributed by atoms with Crippen molar-refractivity contribution in [3.8, 4) is 44.5 Å². The molecule has 0 saturated heterocycles. The van der Waals surface area contributed by atoms with E-state index in [1.54, 1.807) is 0 Å². The molecule has 336 valence electrons. The molecule has 0 unspecified atom stereocenters. The summed E-state index contributed by atoms with van der Waals surface area (Å²) in [5.41, 5.74) is 17.5. The Labute approximate surface area is 420 Å². The smallest absolute Gasteiger partial charge is 0.0714 e. The minimum absolute atomic E-state index is 0.552. The summed E-state index contributed by atoms with van der Waals surface area (Å²) in [5.74, 6) is 0. The van der Waals surface area contributed by atoms with Gasteiger partial charge in [0, 0.05) is 16.8 Å². The summed E-state index contributed by atoms with van der Waals surface area (Å²) in [6.45, 7) is 0. The molecule has 0 bridgehead atoms. The van der Waals surface area contributed by atoms with Crippen molar-refractivity contribution in [1.29, 1.82) is 0 Å². The van der Waals surface area contributed by atoms with Gasteiger partial charge in [-0.25, -0.2) is 0 Å². The van der Waals surface area contributed by atoms with Gasteiger partial charge in [-0.2, -0.15) is 0 Å². The van der Waals surface area contributed by atoms with E-state index in [0.29, 0.717) is 0 Å². The van der Waals surface area contributed by atoms with Gasteiger partial charge < -0.3 is 4.90 Å². The van der Waals surface area contributed by atoms with Crippen LogP contribution in [0.1, 0.15) is 22.3 Å². The number of rotatable bonds is 8. The summed E-state index contributed by atoms with van der Waals surface area (Å²) >= 11 is 0. The summed E-state index contributed by atoms with van der Waals surface area (Å²) < 4.78 is 0. The van der Waals surface area contributed by atoms with E-state index in [-0.39, 0.29) is 0 Å². The summed E-state index contributed by atoms with van der Waals surface area (Å²) in [5, 5.41) is 9.89. The molecule has 0 N–H and O–H groups in total. The molecule has 14 rings (SSSR count). The van der Waals surface area contributed by atoms with E-state index in [1.165, 1.54) is 98.7 Å². The zero-order valence-corrected chi connectivity index (χ0v) is 39.6. The maximum absolute atomic E-state index is 2.55. The first-order valence-corrected chi connectivity index (χ1v) is 25.0. The zero-order valence-electron chi connectivity index (χ0n) is 39.6. The van der Waals surface area contributed by atoms with Gasteiger partial charge in [0.05, 0.1) is 16.8 Å². The van der Waals surface area contributed by atoms with Gasteiger partial charge in [-0.3, -0.25) is 0 Å². The zero-order chi connectivity index (χ0) is 47.6. The van der Waals surface area contributed by atoms with Crippen molar-refractivity contribution in [2.24, 2.45) is 0 Å². The normalized spacial score (nSPS) is 12.6. The van der Waals surface area contributed by atoms with Crippen LogP contribution in [0.5, 0.6) is 0 Å². The summed E-state index contributed by atoms with van der Waals surface area (Å²) in [6, 6.07) is 106. The first kappa shape index (κ1) is 41.7. The maximum atomic E-state index is 2.55. The third kappa shape index (κ3) is 6.41. The van der Waals surface area contributed by atoms with Gasteiger partial charge in [0.1, 0.15) is 0 Å². The molecule has 1 nitrogen and oxygen atoms in total. The lowest BCUT2D eigenvalue weighted by molar-refractivity contribution is 0.768. The minimum atomic E-state index is -0.552. The summed E-state index contributed by atoms with van der Waals surface area (Å²) in [6.07, 6.45) is 0. The predicted molar refractivity (Wildman–Crippen MR) is 305 cm³/mol. The topological polar surface area (TPSA) is 3.24 Å². The Morgan fingerprint density at radius 3 is 1.47 bits per heavy atom. The van der Waals surface area contributed by atoms with E-state index >= 15 is 0 Å². The first-order chi connectivity index (χ1) is 35.8. The number of benzene rings is 13. The van der Waals surface area contributed by atoms with E-state index < -0.39 is 5.41 Å². The second kappa shape index (κ2) is 17.0. The molecule has 0 aromatic heterocycles. The maximum Gasteiger partial charge on any atom is 0.0714 e. The Bertz CT molecular complexity index is 4160. The van der Waals surface area contributed by atoms with Crippen molar-refractivity contribution in [2.75, 3.05) is 4.90 Å². The number of hydrogen-bond donors (Lipinski definition) is 0. The number of para-hydroxylation sites is 1. The van der Waals surface area contributed by atoms with Crippen LogP contribution in [0, 0.1) is 0 Å². The van der Waals surface area contributed by atoms with E-state index in [4.69, 9.17) is 0 Å². The molecule has 0 aliphatic heterocycles. The molecule has 72 heavy (non-hydrogen) atoms. The first-order valence-electron chi connectivity index (χ1n) is 25.0. The lowest BCUT2D eigenvalue weighted by Crippen LogP contribution is -2.28. The van der Waals surface area contributed by atoms with Crippen molar-refractivity contribution in [3.63, 3.8) is 0 Å². The highest BCUT2D eigenvalue weighted by atomic mass is 15.1. The van der Waals surface area contributed by atoms with Crippen LogP contribution in [0.3, 0.4) is 0 Å². The Balaban J connectivity index is 1.07. The van der Waals surface area contributed by atoms with Gasteiger partial charge in [-0.15, -0.1) is 0 Å². The van der Waals surface area contributed by atoms with Gasteiger partial charge in [0.25, 0.3) is 0 Å². The standard InChI is InChI=1S/C71H47N/c1-5-23-49(24-6-1)68-61-34-16-15-33-59(61)60-44-42-52(47-63(60)69(68)50-25-7-2-8-26-50)58-32-18-20-38-66(58)72(55-43-45-57-51(46-55)41-40-48-22-13-14-31-56(48)57)67-39-21-37-65-70(67)62-35-17-19-36-64(62)71(65,53-27-9-3-10-28-53)54-29-11-4-12-30-54/h1-47H. The molecule has 0 heterocycles. The molecule has 0 fully saturated rings. The average Bonchev–Trinajstić information content (AvgIpc) is 3.77. The van der Waals surface area contributed by atoms with Crippen LogP contribution in [0.4, 0.5) is 17.1 Å². The van der Waals surface area contributed by atoms with Crippen LogP contribution in [0.15, 0.2) is 285 Å². The molecule has 13 aromatic carbocycles. The number of anilines is 3. The number of hydrogen-bond acceptors (Lipinski definition) is 1. The monoisotopic (exact) mass is 913 g/mol. The lowest BCUT2D eigenvalue weighted by atomic mass is 9.68. The largest absolute Gasteiger partial charge is 0.309 e. The molecule has 1 heteroatoms. The number of fused-ring (bicyclic) bond motifs is 9. The Morgan fingerprint density at radius 1 is 0.250 bits per heavy atom. The third-order valence-corrected chi connectivity index (χ3v) is 15.3. The minimum Gasteiger partial charge on any atom is -0.309 e. The molecular weight excluding hydrogens is 867 g/mol. The lowest BCUT2D eigenvalue weighted by Gasteiger charge is -2.34. The highest BCUT2D eigenvalue weighted by Gasteiger charge is 2.47. The predicted octanol–water partition coefficient (Wildman–Crippen LogP) is 19.1. The fourth-order valence-electron chi connectivity index (χ4n) is 12.3. The third-order valence-electron chi connectivity index (χ3n) is 15.3. The molecular formula is C71H47N. The molecule has 13 aromatic rings. The van der Waals surface area contributed by atoms with Gasteiger partial charge in [0.15, 0.2) is 0 Å². The van der Waals surface area contributed by atoms with Gasteiger partial charge in [-0.05, 0) is 129 Å². The molecule has 0 saturated carbocycles. The Kier molecular flexibility index (Phi) is 9.82.